The van der Waals surface area contributed by atoms with Crippen molar-refractivity contribution in [2.24, 2.45) is 0 Å². The highest BCUT2D eigenvalue weighted by atomic mass is 16.3. The summed E-state index contributed by atoms with van der Waals surface area (Å²) in [5.41, 5.74) is 3.26. The van der Waals surface area contributed by atoms with E-state index in [1.807, 2.05) is 7.05 Å². The Morgan fingerprint density at radius 2 is 2.13 bits per heavy atom. The highest BCUT2D eigenvalue weighted by Gasteiger charge is 2.40. The second-order valence-corrected chi connectivity index (χ2v) is 4.52. The molecule has 0 aromatic rings. The Balaban J connectivity index is 2.68. The molecule has 0 saturated carbocycles. The molecule has 3 atom stereocenters. The molecule has 1 aliphatic heterocycles. The molecular weight excluding hydrogens is 192 g/mol. The first-order valence-electron chi connectivity index (χ1n) is 5.60. The Kier molecular flexibility index (Phi) is 4.48. The maximum absolute atomic E-state index is 10.00. The van der Waals surface area contributed by atoms with E-state index in [1.165, 1.54) is 0 Å². The van der Waals surface area contributed by atoms with Gasteiger partial charge in [0.05, 0.1) is 12.2 Å². The van der Waals surface area contributed by atoms with Crippen molar-refractivity contribution in [2.45, 2.75) is 45.2 Å². The van der Waals surface area contributed by atoms with E-state index >= 15 is 0 Å². The van der Waals surface area contributed by atoms with Crippen molar-refractivity contribution in [1.29, 1.82) is 0 Å². The van der Waals surface area contributed by atoms with Gasteiger partial charge in [0.2, 0.25) is 0 Å². The summed E-state index contributed by atoms with van der Waals surface area (Å²) < 4.78 is 0. The van der Waals surface area contributed by atoms with Crippen molar-refractivity contribution in [1.82, 2.24) is 20.7 Å². The largest absolute Gasteiger partial charge is 0.375 e. The van der Waals surface area contributed by atoms with Gasteiger partial charge in [-0.1, -0.05) is 20.8 Å². The van der Waals surface area contributed by atoms with Crippen LogP contribution < -0.4 is 10.7 Å². The first kappa shape index (κ1) is 12.9. The van der Waals surface area contributed by atoms with Crippen molar-refractivity contribution in [3.8, 4) is 0 Å². The van der Waals surface area contributed by atoms with Crippen LogP contribution in [0.5, 0.6) is 0 Å². The lowest BCUT2D eigenvalue weighted by Gasteiger charge is -2.30. The van der Waals surface area contributed by atoms with Gasteiger partial charge in [-0.05, 0) is 13.6 Å². The third-order valence-corrected chi connectivity index (χ3v) is 2.89. The number of hydrogen-bond acceptors (Lipinski definition) is 5. The second-order valence-electron chi connectivity index (χ2n) is 4.52. The maximum atomic E-state index is 10.00. The van der Waals surface area contributed by atoms with Gasteiger partial charge in [-0.2, -0.15) is 0 Å². The third-order valence-electron chi connectivity index (χ3n) is 2.89. The zero-order chi connectivity index (χ0) is 11.6. The van der Waals surface area contributed by atoms with Crippen molar-refractivity contribution in [2.75, 3.05) is 20.6 Å². The number of hydrogen-bond donors (Lipinski definition) is 3. The SMILES string of the molecule is CCN(C)C1NN(C)C(O)[C@@H]1NC(C)C. The molecule has 1 rings (SSSR count). The zero-order valence-corrected chi connectivity index (χ0v) is 10.4. The van der Waals surface area contributed by atoms with Gasteiger partial charge >= 0.3 is 0 Å². The van der Waals surface area contributed by atoms with E-state index in [-0.39, 0.29) is 12.2 Å². The van der Waals surface area contributed by atoms with Gasteiger partial charge in [0.1, 0.15) is 6.23 Å². The third kappa shape index (κ3) is 2.89. The molecule has 3 N–H and O–H groups in total. The molecule has 0 aromatic carbocycles. The smallest absolute Gasteiger partial charge is 0.137 e. The van der Waals surface area contributed by atoms with Crippen LogP contribution in [0.4, 0.5) is 0 Å². The summed E-state index contributed by atoms with van der Waals surface area (Å²) in [6, 6.07) is 0.408. The molecule has 5 nitrogen and oxygen atoms in total. The molecule has 1 aliphatic rings. The predicted molar refractivity (Wildman–Crippen MR) is 61.1 cm³/mol. The summed E-state index contributed by atoms with van der Waals surface area (Å²) in [6.45, 7) is 7.25. The molecule has 0 amide bonds. The Morgan fingerprint density at radius 3 is 2.60 bits per heavy atom. The van der Waals surface area contributed by atoms with Crippen LogP contribution in [0.25, 0.3) is 0 Å². The molecule has 1 heterocycles. The number of aliphatic hydroxyl groups is 1. The fourth-order valence-corrected chi connectivity index (χ4v) is 1.90. The Bertz CT molecular complexity index is 200. The molecule has 1 fully saturated rings. The highest BCUT2D eigenvalue weighted by molar-refractivity contribution is 4.91. The summed E-state index contributed by atoms with van der Waals surface area (Å²) in [5, 5.41) is 15.1. The van der Waals surface area contributed by atoms with E-state index in [9.17, 15) is 5.11 Å². The molecule has 0 radical (unpaired) electrons. The van der Waals surface area contributed by atoms with E-state index in [2.05, 4.69) is 43.5 Å². The predicted octanol–water partition coefficient (Wildman–Crippen LogP) is -0.601. The van der Waals surface area contributed by atoms with Crippen LogP contribution in [-0.4, -0.2) is 60.1 Å². The molecule has 90 valence electrons. The van der Waals surface area contributed by atoms with Crippen LogP contribution in [0.3, 0.4) is 0 Å². The zero-order valence-electron chi connectivity index (χ0n) is 10.4. The Hall–Kier alpha value is -0.200. The molecule has 0 aliphatic carbocycles. The van der Waals surface area contributed by atoms with Gasteiger partial charge in [-0.25, -0.2) is 10.4 Å². The molecule has 15 heavy (non-hydrogen) atoms. The van der Waals surface area contributed by atoms with Gasteiger partial charge < -0.3 is 10.4 Å². The minimum Gasteiger partial charge on any atom is -0.375 e. The molecular formula is C10H24N4O. The van der Waals surface area contributed by atoms with Crippen molar-refractivity contribution in [3.05, 3.63) is 0 Å². The molecule has 1 saturated heterocycles. The lowest BCUT2D eigenvalue weighted by Crippen LogP contribution is -2.54. The lowest BCUT2D eigenvalue weighted by molar-refractivity contribution is 0.0158. The van der Waals surface area contributed by atoms with Gasteiger partial charge in [0.25, 0.3) is 0 Å². The van der Waals surface area contributed by atoms with Crippen molar-refractivity contribution >= 4 is 0 Å². The molecule has 0 spiro atoms. The number of hydrazine groups is 1. The first-order chi connectivity index (χ1) is 6.97. The van der Waals surface area contributed by atoms with Crippen LogP contribution >= 0.6 is 0 Å². The molecule has 0 bridgehead atoms. The molecule has 5 heteroatoms. The van der Waals surface area contributed by atoms with Crippen LogP contribution in [0.2, 0.25) is 0 Å². The first-order valence-corrected chi connectivity index (χ1v) is 5.60. The minimum absolute atomic E-state index is 0.0416. The number of likely N-dealkylation sites (N-methyl/N-ethyl adjacent to an activating group) is 2. The van der Waals surface area contributed by atoms with E-state index in [1.54, 1.807) is 5.01 Å². The van der Waals surface area contributed by atoms with Crippen LogP contribution in [-0.2, 0) is 0 Å². The highest BCUT2D eigenvalue weighted by Crippen LogP contribution is 2.14. The maximum Gasteiger partial charge on any atom is 0.137 e. The fraction of sp³-hybridized carbons (Fsp3) is 1.00. The van der Waals surface area contributed by atoms with Gasteiger partial charge in [0, 0.05) is 13.1 Å². The van der Waals surface area contributed by atoms with Gasteiger partial charge in [-0.15, -0.1) is 0 Å². The minimum atomic E-state index is -0.480. The Labute approximate surface area is 92.4 Å². The van der Waals surface area contributed by atoms with Crippen LogP contribution in [0.15, 0.2) is 0 Å². The van der Waals surface area contributed by atoms with E-state index < -0.39 is 6.23 Å². The van der Waals surface area contributed by atoms with Crippen molar-refractivity contribution < 1.29 is 5.11 Å². The van der Waals surface area contributed by atoms with E-state index in [0.29, 0.717) is 6.04 Å². The van der Waals surface area contributed by atoms with Gasteiger partial charge in [-0.3, -0.25) is 4.90 Å². The number of rotatable bonds is 4. The normalized spacial score (nSPS) is 33.2. The number of nitrogens with zero attached hydrogens (tertiary/aromatic N) is 2. The summed E-state index contributed by atoms with van der Waals surface area (Å²) in [5.74, 6) is 0. The van der Waals surface area contributed by atoms with Crippen LogP contribution in [0.1, 0.15) is 20.8 Å². The number of aliphatic hydroxyl groups excluding tert-OH is 1. The summed E-state index contributed by atoms with van der Waals surface area (Å²) in [6.07, 6.45) is -0.330. The Morgan fingerprint density at radius 1 is 1.53 bits per heavy atom. The van der Waals surface area contributed by atoms with Crippen molar-refractivity contribution in [3.63, 3.8) is 0 Å². The van der Waals surface area contributed by atoms with Gasteiger partial charge in [0.15, 0.2) is 0 Å². The molecule has 2 unspecified atom stereocenters. The quantitative estimate of drug-likeness (QED) is 0.586. The summed E-state index contributed by atoms with van der Waals surface area (Å²) in [4.78, 5) is 2.19. The average molecular weight is 216 g/mol. The van der Waals surface area contributed by atoms with E-state index in [0.717, 1.165) is 6.54 Å². The van der Waals surface area contributed by atoms with Crippen LogP contribution in [0, 0.1) is 0 Å². The fourth-order valence-electron chi connectivity index (χ4n) is 1.90. The topological polar surface area (TPSA) is 50.8 Å². The number of nitrogens with one attached hydrogen (secondary N) is 2. The van der Waals surface area contributed by atoms with E-state index in [4.69, 9.17) is 0 Å². The second kappa shape index (κ2) is 5.23. The lowest BCUT2D eigenvalue weighted by atomic mass is 10.2. The summed E-state index contributed by atoms with van der Waals surface area (Å²) in [7, 11) is 3.92. The standard InChI is InChI=1S/C10H24N4O/c1-6-13(4)9-8(11-7(2)3)10(15)14(5)12-9/h7-12,15H,6H2,1-5H3/t8-,9?,10?/m1/s1. The summed E-state index contributed by atoms with van der Waals surface area (Å²) >= 11 is 0. The molecule has 0 aromatic heterocycles. The average Bonchev–Trinajstić information content (AvgIpc) is 2.44. The monoisotopic (exact) mass is 216 g/mol.